The van der Waals surface area contributed by atoms with Gasteiger partial charge in [-0.1, -0.05) is 39.0 Å². The van der Waals surface area contributed by atoms with E-state index >= 15 is 0 Å². The molecule has 0 N–H and O–H groups in total. The number of aldehydes is 1. The predicted octanol–water partition coefficient (Wildman–Crippen LogP) is 1.64. The third-order valence-electron chi connectivity index (χ3n) is 2.34. The number of hydrogen-bond acceptors (Lipinski definition) is 4. The molecule has 0 aromatic rings. The van der Waals surface area contributed by atoms with E-state index in [1.165, 1.54) is 6.42 Å². The molecule has 0 aromatic heterocycles. The van der Waals surface area contributed by atoms with E-state index in [1.807, 2.05) is 0 Å². The van der Waals surface area contributed by atoms with E-state index in [1.54, 1.807) is 0 Å². The zero-order valence-corrected chi connectivity index (χ0v) is 9.66. The Morgan fingerprint density at radius 2 is 1.50 bits per heavy atom. The van der Waals surface area contributed by atoms with Gasteiger partial charge in [0.1, 0.15) is 0 Å². The lowest BCUT2D eigenvalue weighted by molar-refractivity contribution is -0.145. The molecule has 0 spiro atoms. The van der Waals surface area contributed by atoms with Crippen molar-refractivity contribution in [1.82, 2.24) is 0 Å². The lowest BCUT2D eigenvalue weighted by Crippen LogP contribution is -2.24. The van der Waals surface area contributed by atoms with Crippen molar-refractivity contribution in [2.24, 2.45) is 0 Å². The molecule has 0 aromatic carbocycles. The first-order valence-electron chi connectivity index (χ1n) is 5.70. The number of Topliss-reactive ketones (excluding diaryl/α,β-unsaturated/α-hetero) is 3. The molecule has 4 heteroatoms. The van der Waals surface area contributed by atoms with Gasteiger partial charge in [-0.25, -0.2) is 0 Å². The highest BCUT2D eigenvalue weighted by molar-refractivity contribution is 6.74. The Kier molecular flexibility index (Phi) is 8.21. The van der Waals surface area contributed by atoms with Crippen molar-refractivity contribution < 1.29 is 19.2 Å². The van der Waals surface area contributed by atoms with Gasteiger partial charge >= 0.3 is 0 Å². The molecule has 0 bridgehead atoms. The van der Waals surface area contributed by atoms with Crippen molar-refractivity contribution in [3.63, 3.8) is 0 Å². The van der Waals surface area contributed by atoms with Crippen LogP contribution >= 0.6 is 0 Å². The Hall–Kier alpha value is -1.32. The third-order valence-corrected chi connectivity index (χ3v) is 2.34. The van der Waals surface area contributed by atoms with Crippen LogP contribution in [0.25, 0.3) is 0 Å². The van der Waals surface area contributed by atoms with E-state index in [9.17, 15) is 19.2 Å². The molecule has 0 saturated heterocycles. The van der Waals surface area contributed by atoms with Gasteiger partial charge in [-0.2, -0.15) is 0 Å². The summed E-state index contributed by atoms with van der Waals surface area (Å²) >= 11 is 0. The number of carbonyl (C=O) groups excluding carboxylic acids is 4. The Morgan fingerprint density at radius 1 is 0.938 bits per heavy atom. The van der Waals surface area contributed by atoms with Crippen LogP contribution in [-0.2, 0) is 19.2 Å². The average molecular weight is 226 g/mol. The van der Waals surface area contributed by atoms with Crippen LogP contribution in [0, 0.1) is 0 Å². The van der Waals surface area contributed by atoms with Crippen LogP contribution in [0.1, 0.15) is 51.9 Å². The summed E-state index contributed by atoms with van der Waals surface area (Å²) in [7, 11) is 0. The molecule has 0 unspecified atom stereocenters. The number of rotatable bonds is 10. The molecule has 0 heterocycles. The summed E-state index contributed by atoms with van der Waals surface area (Å²) in [6, 6.07) is 0. The maximum Gasteiger partial charge on any atom is 0.271 e. The summed E-state index contributed by atoms with van der Waals surface area (Å²) in [5, 5.41) is 0. The molecular formula is C12H18O4. The largest absolute Gasteiger partial charge is 0.294 e. The Morgan fingerprint density at radius 3 is 2.06 bits per heavy atom. The fourth-order valence-corrected chi connectivity index (χ4v) is 1.37. The monoisotopic (exact) mass is 226 g/mol. The summed E-state index contributed by atoms with van der Waals surface area (Å²) < 4.78 is 0. The minimum absolute atomic E-state index is 0.0739. The van der Waals surface area contributed by atoms with Crippen LogP contribution in [0.4, 0.5) is 0 Å². The van der Waals surface area contributed by atoms with Gasteiger partial charge in [0.25, 0.3) is 11.6 Å². The molecule has 0 fully saturated rings. The maximum absolute atomic E-state index is 11.1. The normalized spacial score (nSPS) is 9.81. The van der Waals surface area contributed by atoms with E-state index in [0.29, 0.717) is 6.42 Å². The molecule has 4 nitrogen and oxygen atoms in total. The summed E-state index contributed by atoms with van der Waals surface area (Å²) in [5.41, 5.74) is 0. The van der Waals surface area contributed by atoms with Crippen molar-refractivity contribution in [3.8, 4) is 0 Å². The van der Waals surface area contributed by atoms with Crippen molar-refractivity contribution in [2.45, 2.75) is 51.9 Å². The third kappa shape index (κ3) is 6.22. The van der Waals surface area contributed by atoms with E-state index in [2.05, 4.69) is 6.92 Å². The molecule has 0 aliphatic rings. The van der Waals surface area contributed by atoms with E-state index in [-0.39, 0.29) is 12.7 Å². The SMILES string of the molecule is CCCCCCCCC(=O)C(=O)C(=O)C=O. The number of carbonyl (C=O) groups is 4. The Labute approximate surface area is 95.4 Å². The number of ketones is 3. The van der Waals surface area contributed by atoms with Crippen molar-refractivity contribution in [2.75, 3.05) is 0 Å². The van der Waals surface area contributed by atoms with Gasteiger partial charge in [0.05, 0.1) is 0 Å². The van der Waals surface area contributed by atoms with Crippen LogP contribution in [-0.4, -0.2) is 23.6 Å². The van der Waals surface area contributed by atoms with Crippen LogP contribution in [0.3, 0.4) is 0 Å². The topological polar surface area (TPSA) is 68.3 Å². The summed E-state index contributed by atoms with van der Waals surface area (Å²) in [6.07, 6.45) is 5.96. The van der Waals surface area contributed by atoms with Crippen LogP contribution < -0.4 is 0 Å². The van der Waals surface area contributed by atoms with Crippen LogP contribution in [0.2, 0.25) is 0 Å². The van der Waals surface area contributed by atoms with Gasteiger partial charge in [-0.15, -0.1) is 0 Å². The second kappa shape index (κ2) is 8.95. The van der Waals surface area contributed by atoms with Crippen molar-refractivity contribution in [3.05, 3.63) is 0 Å². The lowest BCUT2D eigenvalue weighted by atomic mass is 10.0. The molecule has 0 atom stereocenters. The minimum atomic E-state index is -1.24. The van der Waals surface area contributed by atoms with Gasteiger partial charge in [0, 0.05) is 6.42 Å². The predicted molar refractivity (Wildman–Crippen MR) is 59.1 cm³/mol. The highest BCUT2D eigenvalue weighted by Crippen LogP contribution is 2.07. The highest BCUT2D eigenvalue weighted by Gasteiger charge is 2.20. The molecule has 16 heavy (non-hydrogen) atoms. The zero-order chi connectivity index (χ0) is 12.4. The van der Waals surface area contributed by atoms with Crippen LogP contribution in [0.15, 0.2) is 0 Å². The van der Waals surface area contributed by atoms with Gasteiger partial charge in [-0.3, -0.25) is 19.2 Å². The molecular weight excluding hydrogens is 208 g/mol. The number of hydrogen-bond donors (Lipinski definition) is 0. The first-order valence-corrected chi connectivity index (χ1v) is 5.70. The standard InChI is InChI=1S/C12H18O4/c1-2-3-4-5-6-7-8-10(14)12(16)11(15)9-13/h9H,2-8H2,1H3. The van der Waals surface area contributed by atoms with Gasteiger partial charge in [-0.05, 0) is 6.42 Å². The summed E-state index contributed by atoms with van der Waals surface area (Å²) in [5.74, 6) is -3.16. The van der Waals surface area contributed by atoms with Gasteiger partial charge in [0.15, 0.2) is 6.29 Å². The fourth-order valence-electron chi connectivity index (χ4n) is 1.37. The Balaban J connectivity index is 3.62. The van der Waals surface area contributed by atoms with E-state index in [4.69, 9.17) is 0 Å². The molecule has 0 amide bonds. The van der Waals surface area contributed by atoms with Crippen molar-refractivity contribution >= 4 is 23.6 Å². The van der Waals surface area contributed by atoms with E-state index < -0.39 is 17.3 Å². The Bertz CT molecular complexity index is 268. The summed E-state index contributed by atoms with van der Waals surface area (Å²) in [6.45, 7) is 2.12. The van der Waals surface area contributed by atoms with Crippen molar-refractivity contribution in [1.29, 1.82) is 0 Å². The number of unbranched alkanes of at least 4 members (excludes halogenated alkanes) is 5. The molecule has 0 aliphatic carbocycles. The second-order valence-corrected chi connectivity index (χ2v) is 3.75. The first kappa shape index (κ1) is 14.7. The maximum atomic E-state index is 11.1. The first-order chi connectivity index (χ1) is 7.63. The van der Waals surface area contributed by atoms with Gasteiger partial charge < -0.3 is 0 Å². The summed E-state index contributed by atoms with van der Waals surface area (Å²) in [4.78, 5) is 42.6. The molecule has 0 aliphatic heterocycles. The smallest absolute Gasteiger partial charge is 0.271 e. The fraction of sp³-hybridized carbons (Fsp3) is 0.667. The molecule has 0 saturated carbocycles. The van der Waals surface area contributed by atoms with E-state index in [0.717, 1.165) is 25.7 Å². The van der Waals surface area contributed by atoms with Crippen LogP contribution in [0.5, 0.6) is 0 Å². The zero-order valence-electron chi connectivity index (χ0n) is 9.66. The lowest BCUT2D eigenvalue weighted by Gasteiger charge is -1.99. The molecule has 90 valence electrons. The molecule has 0 radical (unpaired) electrons. The van der Waals surface area contributed by atoms with Gasteiger partial charge in [0.2, 0.25) is 5.78 Å². The second-order valence-electron chi connectivity index (χ2n) is 3.75. The minimum Gasteiger partial charge on any atom is -0.294 e. The highest BCUT2D eigenvalue weighted by atomic mass is 16.2. The molecule has 0 rings (SSSR count). The quantitative estimate of drug-likeness (QED) is 0.246. The average Bonchev–Trinajstić information content (AvgIpc) is 2.31.